The van der Waals surface area contributed by atoms with Crippen LogP contribution in [0.5, 0.6) is 0 Å². The van der Waals surface area contributed by atoms with Gasteiger partial charge >= 0.3 is 0 Å². The van der Waals surface area contributed by atoms with E-state index in [4.69, 9.17) is 5.10 Å². The molecule has 0 unspecified atom stereocenters. The van der Waals surface area contributed by atoms with Crippen molar-refractivity contribution in [3.05, 3.63) is 16.8 Å². The molecule has 1 fully saturated rings. The number of fused-ring (bicyclic) bond motifs is 2. The average molecular weight is 300 g/mol. The zero-order chi connectivity index (χ0) is 14.9. The molecule has 0 atom stereocenters. The molecular formula is C18H28N4. The van der Waals surface area contributed by atoms with Crippen molar-refractivity contribution in [2.24, 2.45) is 0 Å². The summed E-state index contributed by atoms with van der Waals surface area (Å²) in [5, 5.41) is 12.0. The van der Waals surface area contributed by atoms with Gasteiger partial charge in [0.25, 0.3) is 0 Å². The molecule has 4 nitrogen and oxygen atoms in total. The van der Waals surface area contributed by atoms with Crippen molar-refractivity contribution in [3.8, 4) is 0 Å². The van der Waals surface area contributed by atoms with Crippen molar-refractivity contribution in [1.29, 1.82) is 0 Å². The lowest BCUT2D eigenvalue weighted by atomic mass is 9.77. The van der Waals surface area contributed by atoms with Crippen molar-refractivity contribution in [3.63, 3.8) is 0 Å². The Morgan fingerprint density at radius 1 is 1.23 bits per heavy atom. The lowest BCUT2D eigenvalue weighted by Crippen LogP contribution is -2.20. The first-order chi connectivity index (χ1) is 10.9. The van der Waals surface area contributed by atoms with Gasteiger partial charge in [-0.15, -0.1) is 0 Å². The highest BCUT2D eigenvalue weighted by Gasteiger charge is 2.33. The van der Waals surface area contributed by atoms with Gasteiger partial charge in [-0.05, 0) is 69.7 Å². The van der Waals surface area contributed by atoms with Crippen LogP contribution in [0.1, 0.15) is 68.5 Å². The molecular weight excluding hydrogens is 272 g/mol. The van der Waals surface area contributed by atoms with E-state index in [0.29, 0.717) is 0 Å². The molecule has 0 spiro atoms. The van der Waals surface area contributed by atoms with Gasteiger partial charge in [-0.25, -0.2) is 4.68 Å². The van der Waals surface area contributed by atoms with Crippen molar-refractivity contribution in [2.45, 2.75) is 63.8 Å². The molecule has 120 valence electrons. The summed E-state index contributed by atoms with van der Waals surface area (Å²) in [4.78, 5) is 0. The second kappa shape index (κ2) is 6.07. The third-order valence-corrected chi connectivity index (χ3v) is 5.62. The monoisotopic (exact) mass is 300 g/mol. The molecule has 4 heteroatoms. The summed E-state index contributed by atoms with van der Waals surface area (Å²) in [6.45, 7) is 3.12. The maximum absolute atomic E-state index is 5.07. The molecule has 2 heterocycles. The average Bonchev–Trinajstić information content (AvgIpc) is 2.85. The first kappa shape index (κ1) is 14.3. The number of allylic oxidation sites excluding steroid dienone is 1. The standard InChI is InChI=1S/C18H28N4/c1-19-10-5-11-22-18-16(17(21-22)13-7-4-8-13)15-9-3-2-6-14(15)12-20-18/h13,19-20H,2-12H2,1H3. The molecule has 0 bridgehead atoms. The van der Waals surface area contributed by atoms with E-state index in [2.05, 4.69) is 15.3 Å². The SMILES string of the molecule is CNCCCn1nc(C2CCC2)c2c1NCC1=C2CCCC1. The Hall–Kier alpha value is -1.29. The summed E-state index contributed by atoms with van der Waals surface area (Å²) >= 11 is 0. The van der Waals surface area contributed by atoms with E-state index < -0.39 is 0 Å². The minimum absolute atomic E-state index is 0.717. The molecule has 0 saturated heterocycles. The number of aryl methyl sites for hydroxylation is 1. The molecule has 1 aromatic rings. The number of nitrogens with zero attached hydrogens (tertiary/aromatic N) is 2. The Balaban J connectivity index is 1.71. The van der Waals surface area contributed by atoms with Crippen LogP contribution in [-0.4, -0.2) is 29.9 Å². The molecule has 2 aliphatic carbocycles. The highest BCUT2D eigenvalue weighted by Crippen LogP contribution is 2.46. The maximum Gasteiger partial charge on any atom is 0.132 e. The van der Waals surface area contributed by atoms with E-state index in [-0.39, 0.29) is 0 Å². The van der Waals surface area contributed by atoms with Gasteiger partial charge in [0.1, 0.15) is 5.82 Å². The summed E-state index contributed by atoms with van der Waals surface area (Å²) in [7, 11) is 2.02. The molecule has 0 aromatic carbocycles. The van der Waals surface area contributed by atoms with Gasteiger partial charge < -0.3 is 10.6 Å². The lowest BCUT2D eigenvalue weighted by Gasteiger charge is -2.30. The number of aromatic nitrogens is 2. The first-order valence-electron chi connectivity index (χ1n) is 9.09. The van der Waals surface area contributed by atoms with Crippen LogP contribution in [0.25, 0.3) is 5.57 Å². The van der Waals surface area contributed by atoms with Gasteiger partial charge in [0, 0.05) is 24.6 Å². The predicted octanol–water partition coefficient (Wildman–Crippen LogP) is 3.51. The summed E-state index contributed by atoms with van der Waals surface area (Å²) in [5.74, 6) is 2.04. The van der Waals surface area contributed by atoms with Crippen molar-refractivity contribution in [1.82, 2.24) is 15.1 Å². The second-order valence-corrected chi connectivity index (χ2v) is 7.06. The van der Waals surface area contributed by atoms with Crippen molar-refractivity contribution >= 4 is 11.4 Å². The fourth-order valence-electron chi connectivity index (χ4n) is 4.15. The normalized spacial score (nSPS) is 21.1. The molecule has 0 amide bonds. The highest BCUT2D eigenvalue weighted by atomic mass is 15.3. The Morgan fingerprint density at radius 2 is 2.09 bits per heavy atom. The van der Waals surface area contributed by atoms with Crippen LogP contribution in [0, 0.1) is 0 Å². The Bertz CT molecular complexity index is 580. The number of hydrogen-bond donors (Lipinski definition) is 2. The number of hydrogen-bond acceptors (Lipinski definition) is 3. The van der Waals surface area contributed by atoms with E-state index >= 15 is 0 Å². The molecule has 1 aliphatic heterocycles. The molecule has 2 N–H and O–H groups in total. The quantitative estimate of drug-likeness (QED) is 0.818. The fraction of sp³-hybridized carbons (Fsp3) is 0.722. The fourth-order valence-corrected chi connectivity index (χ4v) is 4.15. The Labute approximate surface area is 133 Å². The van der Waals surface area contributed by atoms with E-state index in [1.807, 2.05) is 7.05 Å². The van der Waals surface area contributed by atoms with Crippen LogP contribution < -0.4 is 10.6 Å². The van der Waals surface area contributed by atoms with Crippen LogP contribution in [0.3, 0.4) is 0 Å². The summed E-state index contributed by atoms with van der Waals surface area (Å²) in [6, 6.07) is 0. The van der Waals surface area contributed by atoms with Gasteiger partial charge in [-0.2, -0.15) is 5.10 Å². The smallest absolute Gasteiger partial charge is 0.132 e. The van der Waals surface area contributed by atoms with Crippen LogP contribution >= 0.6 is 0 Å². The maximum atomic E-state index is 5.07. The minimum atomic E-state index is 0.717. The van der Waals surface area contributed by atoms with Crippen LogP contribution in [-0.2, 0) is 6.54 Å². The molecule has 0 radical (unpaired) electrons. The third-order valence-electron chi connectivity index (χ3n) is 5.62. The number of nitrogens with one attached hydrogen (secondary N) is 2. The van der Waals surface area contributed by atoms with Crippen molar-refractivity contribution in [2.75, 3.05) is 25.5 Å². The molecule has 1 saturated carbocycles. The number of rotatable bonds is 5. The summed E-state index contributed by atoms with van der Waals surface area (Å²) < 4.78 is 2.26. The van der Waals surface area contributed by atoms with E-state index in [1.54, 1.807) is 11.1 Å². The van der Waals surface area contributed by atoms with E-state index in [9.17, 15) is 0 Å². The van der Waals surface area contributed by atoms with Crippen LogP contribution in [0.15, 0.2) is 5.57 Å². The first-order valence-corrected chi connectivity index (χ1v) is 9.09. The number of anilines is 1. The second-order valence-electron chi connectivity index (χ2n) is 7.06. The summed E-state index contributed by atoms with van der Waals surface area (Å²) in [6.07, 6.45) is 10.5. The topological polar surface area (TPSA) is 41.9 Å². The Kier molecular flexibility index (Phi) is 3.95. The third kappa shape index (κ3) is 2.37. The van der Waals surface area contributed by atoms with Gasteiger partial charge in [-0.3, -0.25) is 0 Å². The van der Waals surface area contributed by atoms with Crippen molar-refractivity contribution < 1.29 is 0 Å². The zero-order valence-electron chi connectivity index (χ0n) is 13.7. The van der Waals surface area contributed by atoms with Gasteiger partial charge in [-0.1, -0.05) is 6.42 Å². The lowest BCUT2D eigenvalue weighted by molar-refractivity contribution is 0.404. The molecule has 4 rings (SSSR count). The van der Waals surface area contributed by atoms with Crippen LogP contribution in [0.2, 0.25) is 0 Å². The van der Waals surface area contributed by atoms with E-state index in [0.717, 1.165) is 32.0 Å². The van der Waals surface area contributed by atoms with Gasteiger partial charge in [0.05, 0.1) is 5.69 Å². The van der Waals surface area contributed by atoms with Gasteiger partial charge in [0.15, 0.2) is 0 Å². The Morgan fingerprint density at radius 3 is 2.86 bits per heavy atom. The largest absolute Gasteiger partial charge is 0.366 e. The zero-order valence-corrected chi connectivity index (χ0v) is 13.7. The minimum Gasteiger partial charge on any atom is -0.366 e. The molecule has 1 aromatic heterocycles. The molecule has 22 heavy (non-hydrogen) atoms. The van der Waals surface area contributed by atoms with Gasteiger partial charge in [0.2, 0.25) is 0 Å². The van der Waals surface area contributed by atoms with Crippen LogP contribution in [0.4, 0.5) is 5.82 Å². The molecule has 3 aliphatic rings. The highest BCUT2D eigenvalue weighted by molar-refractivity contribution is 5.82. The summed E-state index contributed by atoms with van der Waals surface area (Å²) in [5.41, 5.74) is 6.23. The van der Waals surface area contributed by atoms with E-state index in [1.165, 1.54) is 62.0 Å². The predicted molar refractivity (Wildman–Crippen MR) is 91.2 cm³/mol.